The molecule has 22 heavy (non-hydrogen) atoms. The summed E-state index contributed by atoms with van der Waals surface area (Å²) in [4.78, 5) is 15.7. The highest BCUT2D eigenvalue weighted by molar-refractivity contribution is 7.73. The van der Waals surface area contributed by atoms with Gasteiger partial charge in [0, 0.05) is 22.4 Å². The van der Waals surface area contributed by atoms with Crippen LogP contribution in [-0.4, -0.2) is 27.3 Å². The van der Waals surface area contributed by atoms with Gasteiger partial charge in [0.15, 0.2) is 3.95 Å². The van der Waals surface area contributed by atoms with Crippen molar-refractivity contribution >= 4 is 46.7 Å². The van der Waals surface area contributed by atoms with Crippen LogP contribution in [0, 0.1) is 3.95 Å². The number of aromatic hydroxyl groups is 1. The van der Waals surface area contributed by atoms with Gasteiger partial charge in [0.25, 0.3) is 0 Å². The summed E-state index contributed by atoms with van der Waals surface area (Å²) in [5.74, 6) is -0.941. The van der Waals surface area contributed by atoms with Gasteiger partial charge in [0.2, 0.25) is 5.88 Å². The maximum absolute atomic E-state index is 10.7. The van der Waals surface area contributed by atoms with Gasteiger partial charge in [-0.3, -0.25) is 14.4 Å². The van der Waals surface area contributed by atoms with Crippen molar-refractivity contribution in [3.63, 3.8) is 0 Å². The Morgan fingerprint density at radius 2 is 2.27 bits per heavy atom. The van der Waals surface area contributed by atoms with Crippen LogP contribution in [0.4, 0.5) is 0 Å². The number of halogens is 1. The Morgan fingerprint density at radius 3 is 3.00 bits per heavy atom. The molecule has 1 aliphatic rings. The van der Waals surface area contributed by atoms with Gasteiger partial charge in [-0.25, -0.2) is 0 Å². The van der Waals surface area contributed by atoms with Crippen LogP contribution in [0.25, 0.3) is 5.57 Å². The van der Waals surface area contributed by atoms with Gasteiger partial charge in [0.05, 0.1) is 23.2 Å². The maximum atomic E-state index is 10.7. The van der Waals surface area contributed by atoms with Crippen molar-refractivity contribution in [1.29, 1.82) is 0 Å². The number of benzene rings is 1. The van der Waals surface area contributed by atoms with E-state index in [0.717, 1.165) is 16.1 Å². The SMILES string of the molecule is O=C(O)CCn1c(O)c(C2=c3cc(Cl)ccc3=NC2)sc1=S. The van der Waals surface area contributed by atoms with Crippen LogP contribution in [-0.2, 0) is 11.3 Å². The first kappa shape index (κ1) is 15.2. The lowest BCUT2D eigenvalue weighted by Crippen LogP contribution is -2.22. The average molecular weight is 355 g/mol. The highest BCUT2D eigenvalue weighted by Crippen LogP contribution is 2.32. The van der Waals surface area contributed by atoms with Gasteiger partial charge in [0.1, 0.15) is 0 Å². The summed E-state index contributed by atoms with van der Waals surface area (Å²) in [5.41, 5.74) is 0.861. The van der Waals surface area contributed by atoms with Gasteiger partial charge < -0.3 is 10.2 Å². The van der Waals surface area contributed by atoms with Crippen LogP contribution in [0.1, 0.15) is 11.3 Å². The van der Waals surface area contributed by atoms with Crippen LogP contribution in [0.2, 0.25) is 5.02 Å². The summed E-state index contributed by atoms with van der Waals surface area (Å²) in [6.45, 7) is 0.584. The lowest BCUT2D eigenvalue weighted by atomic mass is 10.1. The molecule has 0 radical (unpaired) electrons. The fraction of sp³-hybridized carbons (Fsp3) is 0.214. The first-order valence-corrected chi connectivity index (χ1v) is 8.05. The maximum Gasteiger partial charge on any atom is 0.305 e. The van der Waals surface area contributed by atoms with E-state index in [2.05, 4.69) is 4.99 Å². The van der Waals surface area contributed by atoms with Gasteiger partial charge in [-0.05, 0) is 30.4 Å². The standard InChI is InChI=1S/C14H11ClN2O3S2/c15-7-1-2-10-8(5-7)9(6-16-10)12-13(20)17(14(21)22-12)4-3-11(18)19/h1-2,5,20H,3-4,6H2,(H,18,19). The normalized spacial score (nSPS) is 13.0. The molecule has 2 aromatic rings. The lowest BCUT2D eigenvalue weighted by molar-refractivity contribution is -0.137. The predicted molar refractivity (Wildman–Crippen MR) is 86.7 cm³/mol. The molecule has 1 aromatic heterocycles. The molecule has 0 aliphatic carbocycles. The van der Waals surface area contributed by atoms with Gasteiger partial charge in [-0.1, -0.05) is 11.6 Å². The summed E-state index contributed by atoms with van der Waals surface area (Å²) in [5, 5.41) is 21.5. The molecule has 2 N–H and O–H groups in total. The Labute approximate surface area is 139 Å². The van der Waals surface area contributed by atoms with Crippen LogP contribution in [0.15, 0.2) is 23.2 Å². The summed E-state index contributed by atoms with van der Waals surface area (Å²) in [7, 11) is 0. The second kappa shape index (κ2) is 5.83. The Kier molecular flexibility index (Phi) is 4.03. The molecule has 2 heterocycles. The Hall–Kier alpha value is -1.70. The third kappa shape index (κ3) is 2.67. The summed E-state index contributed by atoms with van der Waals surface area (Å²) in [6, 6.07) is 5.42. The molecule has 114 valence electrons. The fourth-order valence-corrected chi connectivity index (χ4v) is 3.89. The Balaban J connectivity index is 2.13. The van der Waals surface area contributed by atoms with Gasteiger partial charge in [-0.2, -0.15) is 0 Å². The Bertz CT molecular complexity index is 946. The second-order valence-electron chi connectivity index (χ2n) is 4.77. The third-order valence-electron chi connectivity index (χ3n) is 3.38. The number of hydrogen-bond donors (Lipinski definition) is 2. The van der Waals surface area contributed by atoms with E-state index in [1.165, 1.54) is 15.9 Å². The van der Waals surface area contributed by atoms with Crippen molar-refractivity contribution in [3.8, 4) is 5.88 Å². The smallest absolute Gasteiger partial charge is 0.305 e. The molecule has 0 saturated carbocycles. The molecule has 3 rings (SSSR count). The summed E-state index contributed by atoms with van der Waals surface area (Å²) < 4.78 is 1.88. The number of rotatable bonds is 4. The van der Waals surface area contributed by atoms with Gasteiger partial charge >= 0.3 is 5.97 Å². The number of aliphatic carboxylic acids is 1. The zero-order chi connectivity index (χ0) is 15.9. The third-order valence-corrected chi connectivity index (χ3v) is 5.12. The number of hydrogen-bond acceptors (Lipinski definition) is 5. The zero-order valence-corrected chi connectivity index (χ0v) is 13.6. The molecule has 1 aromatic carbocycles. The largest absolute Gasteiger partial charge is 0.493 e. The highest BCUT2D eigenvalue weighted by Gasteiger charge is 2.19. The summed E-state index contributed by atoms with van der Waals surface area (Å²) >= 11 is 12.5. The monoisotopic (exact) mass is 354 g/mol. The molecule has 0 atom stereocenters. The average Bonchev–Trinajstić information content (AvgIpc) is 2.98. The molecule has 0 saturated heterocycles. The number of nitrogens with zero attached hydrogens (tertiary/aromatic N) is 2. The number of fused-ring (bicyclic) bond motifs is 1. The minimum absolute atomic E-state index is 0.00530. The van der Waals surface area contributed by atoms with Crippen molar-refractivity contribution in [2.24, 2.45) is 4.99 Å². The number of thiazole rings is 1. The van der Waals surface area contributed by atoms with E-state index in [1.54, 1.807) is 6.07 Å². The molecule has 8 heteroatoms. The lowest BCUT2D eigenvalue weighted by Gasteiger charge is -2.03. The zero-order valence-electron chi connectivity index (χ0n) is 11.2. The van der Waals surface area contributed by atoms with Gasteiger partial charge in [-0.15, -0.1) is 11.3 Å². The number of carbonyl (C=O) groups is 1. The van der Waals surface area contributed by atoms with Crippen LogP contribution >= 0.6 is 35.2 Å². The van der Waals surface area contributed by atoms with E-state index in [1.807, 2.05) is 12.1 Å². The van der Waals surface area contributed by atoms with E-state index < -0.39 is 5.97 Å². The van der Waals surface area contributed by atoms with Crippen molar-refractivity contribution in [1.82, 2.24) is 4.57 Å². The minimum Gasteiger partial charge on any atom is -0.493 e. The van der Waals surface area contributed by atoms with Crippen molar-refractivity contribution in [2.45, 2.75) is 13.0 Å². The molecule has 0 amide bonds. The number of aromatic nitrogens is 1. The van der Waals surface area contributed by atoms with E-state index in [-0.39, 0.29) is 18.8 Å². The quantitative estimate of drug-likeness (QED) is 0.823. The van der Waals surface area contributed by atoms with Crippen LogP contribution < -0.4 is 10.6 Å². The van der Waals surface area contributed by atoms with Crippen LogP contribution in [0.5, 0.6) is 5.88 Å². The second-order valence-corrected chi connectivity index (χ2v) is 6.85. The molecule has 5 nitrogen and oxygen atoms in total. The van der Waals surface area contributed by atoms with E-state index in [0.29, 0.717) is 20.4 Å². The number of carboxylic acids is 1. The highest BCUT2D eigenvalue weighted by atomic mass is 35.5. The van der Waals surface area contributed by atoms with E-state index in [9.17, 15) is 9.90 Å². The summed E-state index contributed by atoms with van der Waals surface area (Å²) in [6.07, 6.45) is -0.0971. The molecular weight excluding hydrogens is 344 g/mol. The molecular formula is C14H11ClN2O3S2. The van der Waals surface area contributed by atoms with Crippen molar-refractivity contribution < 1.29 is 15.0 Å². The fourth-order valence-electron chi connectivity index (χ4n) is 2.33. The molecule has 0 spiro atoms. The first-order chi connectivity index (χ1) is 10.5. The molecule has 0 unspecified atom stereocenters. The topological polar surface area (TPSA) is 74.8 Å². The van der Waals surface area contributed by atoms with Crippen LogP contribution in [0.3, 0.4) is 0 Å². The van der Waals surface area contributed by atoms with E-state index in [4.69, 9.17) is 28.9 Å². The first-order valence-electron chi connectivity index (χ1n) is 6.45. The van der Waals surface area contributed by atoms with Crippen molar-refractivity contribution in [2.75, 3.05) is 6.54 Å². The molecule has 0 fully saturated rings. The van der Waals surface area contributed by atoms with E-state index >= 15 is 0 Å². The predicted octanol–water partition coefficient (Wildman–Crippen LogP) is 1.94. The molecule has 1 aliphatic heterocycles. The number of carboxylic acid groups (broad SMARTS) is 1. The minimum atomic E-state index is -0.935. The molecule has 0 bridgehead atoms. The van der Waals surface area contributed by atoms with Crippen molar-refractivity contribution in [3.05, 3.63) is 42.6 Å². The Morgan fingerprint density at radius 1 is 1.50 bits per heavy atom.